The third kappa shape index (κ3) is 5.10. The van der Waals surface area contributed by atoms with Gasteiger partial charge in [-0.2, -0.15) is 28.2 Å². The first kappa shape index (κ1) is 23.2. The molecule has 3 nitrogen and oxygen atoms in total. The number of nitrogens with one attached hydrogen (secondary N) is 1. The van der Waals surface area contributed by atoms with E-state index < -0.39 is 0 Å². The molecule has 1 heterocycles. The maximum atomic E-state index is 3.67. The zero-order valence-electron chi connectivity index (χ0n) is 17.7. The van der Waals surface area contributed by atoms with Gasteiger partial charge in [-0.1, -0.05) is 0 Å². The molecule has 0 saturated heterocycles. The number of nitrogens with zero attached hydrogens (tertiary/aromatic N) is 2. The standard InChI is InChI=1S/C18H22N.2C2H6N.Ti/c1-11-7-8-15-6-5-9-19-18(15)17(11)16-10-12(2)13(3)14(16)4;2*1-3-2;/h7-8,16,19H,5-6,9H2,1-4H3;2*1-2H3;/q;2*-1;+2. The summed E-state index contributed by atoms with van der Waals surface area (Å²) in [7, 11) is 7.00. The molecule has 1 N–H and O–H groups in total. The molecule has 0 spiro atoms. The van der Waals surface area contributed by atoms with Gasteiger partial charge in [-0.05, 0) is 0 Å². The van der Waals surface area contributed by atoms with E-state index >= 15 is 0 Å². The van der Waals surface area contributed by atoms with Crippen molar-refractivity contribution in [2.24, 2.45) is 0 Å². The van der Waals surface area contributed by atoms with Crippen LogP contribution in [0.4, 0.5) is 5.69 Å². The van der Waals surface area contributed by atoms with Gasteiger partial charge in [-0.3, -0.25) is 0 Å². The van der Waals surface area contributed by atoms with Gasteiger partial charge in [0.2, 0.25) is 0 Å². The zero-order chi connectivity index (χ0) is 19.9. The minimum Gasteiger partial charge on any atom is -0.668 e. The first-order valence-electron chi connectivity index (χ1n) is 9.27. The van der Waals surface area contributed by atoms with Crippen LogP contribution in [0.15, 0.2) is 32.7 Å². The average molecular weight is 388 g/mol. The average Bonchev–Trinajstić information content (AvgIpc) is 2.80. The van der Waals surface area contributed by atoms with E-state index in [0.29, 0.717) is 5.92 Å². The molecule has 1 aromatic carbocycles. The van der Waals surface area contributed by atoms with Crippen molar-refractivity contribution in [3.05, 3.63) is 60.1 Å². The first-order chi connectivity index (χ1) is 12.3. The second-order valence-corrected chi connectivity index (χ2v) is 7.88. The normalized spacial score (nSPS) is 18.5. The van der Waals surface area contributed by atoms with Crippen LogP contribution in [0.1, 0.15) is 49.8 Å². The second kappa shape index (κ2) is 11.1. The van der Waals surface area contributed by atoms with E-state index in [4.69, 9.17) is 0 Å². The summed E-state index contributed by atoms with van der Waals surface area (Å²) in [6.45, 7) is 10.2. The predicted molar refractivity (Wildman–Crippen MR) is 112 cm³/mol. The Morgan fingerprint density at radius 3 is 2.04 bits per heavy atom. The molecule has 1 aliphatic carbocycles. The second-order valence-electron chi connectivity index (χ2n) is 7.03. The van der Waals surface area contributed by atoms with Crippen LogP contribution >= 0.6 is 0 Å². The van der Waals surface area contributed by atoms with Crippen molar-refractivity contribution in [1.82, 2.24) is 0 Å². The monoisotopic (exact) mass is 388 g/mol. The van der Waals surface area contributed by atoms with Crippen molar-refractivity contribution >= 4 is 5.69 Å². The Balaban J connectivity index is 0.000000499. The number of benzene rings is 1. The summed E-state index contributed by atoms with van der Waals surface area (Å²) >= 11 is 2.31. The molecule has 3 rings (SSSR count). The fourth-order valence-electron chi connectivity index (χ4n) is 3.56. The summed E-state index contributed by atoms with van der Waals surface area (Å²) in [5, 5.41) is 10.7. The minimum atomic E-state index is 0.482. The maximum Gasteiger partial charge on any atom is -0.162 e. The summed E-state index contributed by atoms with van der Waals surface area (Å²) in [4.78, 5) is 0. The van der Waals surface area contributed by atoms with Crippen molar-refractivity contribution < 1.29 is 20.4 Å². The topological polar surface area (TPSA) is 40.2 Å². The first-order valence-corrected chi connectivity index (χ1v) is 10.1. The van der Waals surface area contributed by atoms with Crippen LogP contribution in [-0.2, 0) is 26.9 Å². The van der Waals surface area contributed by atoms with Gasteiger partial charge < -0.3 is 10.6 Å². The van der Waals surface area contributed by atoms with Gasteiger partial charge in [-0.15, -0.1) is 0 Å². The summed E-state index contributed by atoms with van der Waals surface area (Å²) in [6, 6.07) is 4.62. The van der Waals surface area contributed by atoms with Gasteiger partial charge in [0, 0.05) is 0 Å². The number of fused-ring (bicyclic) bond motifs is 1. The third-order valence-electron chi connectivity index (χ3n) is 5.04. The zero-order valence-corrected chi connectivity index (χ0v) is 19.3. The number of hydrogen-bond donors (Lipinski definition) is 1. The van der Waals surface area contributed by atoms with Crippen molar-refractivity contribution in [3.8, 4) is 0 Å². The molecule has 0 bridgehead atoms. The van der Waals surface area contributed by atoms with Crippen LogP contribution in [0.25, 0.3) is 10.6 Å². The van der Waals surface area contributed by atoms with E-state index in [0.717, 1.165) is 6.54 Å². The van der Waals surface area contributed by atoms with Gasteiger partial charge >= 0.3 is 134 Å². The third-order valence-corrected chi connectivity index (χ3v) is 6.08. The Kier molecular flexibility index (Phi) is 9.88. The van der Waals surface area contributed by atoms with Crippen LogP contribution in [0.3, 0.4) is 0 Å². The molecule has 0 fully saturated rings. The molecule has 0 radical (unpaired) electrons. The SMILES string of the molecule is CC1=C(C)C(c2c(C)ccc3c2NCCC3)[C]([Ti+2])=C1C.C[N-]C.C[N-]C. The summed E-state index contributed by atoms with van der Waals surface area (Å²) in [5.41, 5.74) is 10.4. The molecular formula is C22H34N3Ti. The van der Waals surface area contributed by atoms with Crippen LogP contribution in [0.5, 0.6) is 0 Å². The molecule has 2 aliphatic rings. The van der Waals surface area contributed by atoms with E-state index in [1.807, 2.05) is 0 Å². The fourth-order valence-corrected chi connectivity index (χ4v) is 4.41. The predicted octanol–water partition coefficient (Wildman–Crippen LogP) is 5.85. The summed E-state index contributed by atoms with van der Waals surface area (Å²) < 4.78 is 1.53. The molecule has 1 unspecified atom stereocenters. The molecule has 0 aromatic heterocycles. The number of rotatable bonds is 1. The van der Waals surface area contributed by atoms with Gasteiger partial charge in [0.25, 0.3) is 0 Å². The Bertz CT molecular complexity index is 648. The number of anilines is 1. The van der Waals surface area contributed by atoms with Crippen LogP contribution < -0.4 is 5.32 Å². The molecule has 1 aliphatic heterocycles. The number of aryl methyl sites for hydroxylation is 2. The summed E-state index contributed by atoms with van der Waals surface area (Å²) in [6.07, 6.45) is 2.47. The smallest absolute Gasteiger partial charge is 0.162 e. The molecule has 141 valence electrons. The Morgan fingerprint density at radius 1 is 0.962 bits per heavy atom. The van der Waals surface area contributed by atoms with Gasteiger partial charge in [0.15, 0.2) is 0 Å². The Morgan fingerprint density at radius 2 is 1.54 bits per heavy atom. The van der Waals surface area contributed by atoms with Crippen LogP contribution in [-0.4, -0.2) is 34.7 Å². The van der Waals surface area contributed by atoms with Crippen molar-refractivity contribution in [2.45, 2.75) is 46.5 Å². The van der Waals surface area contributed by atoms with Gasteiger partial charge in [0.1, 0.15) is 0 Å². The van der Waals surface area contributed by atoms with Crippen molar-refractivity contribution in [2.75, 3.05) is 40.1 Å². The molecular weight excluding hydrogens is 354 g/mol. The van der Waals surface area contributed by atoms with Gasteiger partial charge in [0.05, 0.1) is 0 Å². The van der Waals surface area contributed by atoms with E-state index in [-0.39, 0.29) is 0 Å². The Labute approximate surface area is 172 Å². The quantitative estimate of drug-likeness (QED) is 0.603. The Hall–Kier alpha value is -0.866. The van der Waals surface area contributed by atoms with E-state index in [2.05, 4.69) is 76.2 Å². The van der Waals surface area contributed by atoms with Gasteiger partial charge in [-0.25, -0.2) is 0 Å². The molecule has 0 saturated carbocycles. The largest absolute Gasteiger partial charge is 0.668 e. The number of allylic oxidation sites excluding steroid dienone is 4. The van der Waals surface area contributed by atoms with Crippen LogP contribution in [0.2, 0.25) is 0 Å². The van der Waals surface area contributed by atoms with E-state index in [1.54, 1.807) is 28.2 Å². The number of hydrogen-bond acceptors (Lipinski definition) is 1. The van der Waals surface area contributed by atoms with E-state index in [1.165, 1.54) is 55.8 Å². The van der Waals surface area contributed by atoms with E-state index in [9.17, 15) is 0 Å². The molecule has 1 aromatic rings. The van der Waals surface area contributed by atoms with Crippen LogP contribution in [0, 0.1) is 6.92 Å². The fraction of sp³-hybridized carbons (Fsp3) is 0.545. The molecule has 4 heteroatoms. The maximum absolute atomic E-state index is 3.67. The van der Waals surface area contributed by atoms with Crippen molar-refractivity contribution in [1.29, 1.82) is 0 Å². The minimum absolute atomic E-state index is 0.482. The molecule has 26 heavy (non-hydrogen) atoms. The molecule has 1 atom stereocenters. The summed E-state index contributed by atoms with van der Waals surface area (Å²) in [5.74, 6) is 0.482. The van der Waals surface area contributed by atoms with Crippen molar-refractivity contribution in [3.63, 3.8) is 0 Å². The molecule has 0 amide bonds.